The van der Waals surface area contributed by atoms with Crippen molar-refractivity contribution in [1.29, 1.82) is 0 Å². The summed E-state index contributed by atoms with van der Waals surface area (Å²) in [6, 6.07) is 4.22. The monoisotopic (exact) mass is 241 g/mol. The molecule has 0 saturated carbocycles. The summed E-state index contributed by atoms with van der Waals surface area (Å²) in [6.45, 7) is -2.88. The minimum Gasteiger partial charge on any atom is -0.435 e. The number of aromatic amines is 1. The minimum atomic E-state index is -2.88. The highest BCUT2D eigenvalue weighted by molar-refractivity contribution is 6.04. The number of carbonyl (C=O) groups is 1. The van der Waals surface area contributed by atoms with Crippen molar-refractivity contribution in [3.05, 3.63) is 23.9 Å². The number of aromatic nitrogens is 2. The average molecular weight is 241 g/mol. The maximum atomic E-state index is 12.0. The molecule has 90 valence electrons. The summed E-state index contributed by atoms with van der Waals surface area (Å²) in [5.74, 6) is -0.335. The molecule has 1 amide bonds. The number of hydrogen-bond donors (Lipinski definition) is 2. The van der Waals surface area contributed by atoms with Crippen LogP contribution in [-0.4, -0.2) is 29.8 Å². The maximum absolute atomic E-state index is 12.0. The highest BCUT2D eigenvalue weighted by Gasteiger charge is 2.13. The van der Waals surface area contributed by atoms with E-state index < -0.39 is 6.61 Å². The molecule has 0 fully saturated rings. The van der Waals surface area contributed by atoms with Gasteiger partial charge in [-0.25, -0.2) is 0 Å². The fourth-order valence-electron chi connectivity index (χ4n) is 1.47. The number of fused-ring (bicyclic) bond motifs is 1. The summed E-state index contributed by atoms with van der Waals surface area (Å²) in [6.07, 6.45) is 0. The number of halogens is 2. The molecule has 0 bridgehead atoms. The van der Waals surface area contributed by atoms with E-state index in [0.29, 0.717) is 10.9 Å². The molecule has 0 aliphatic carbocycles. The molecule has 0 saturated heterocycles. The molecule has 1 heterocycles. The first-order valence-electron chi connectivity index (χ1n) is 4.77. The van der Waals surface area contributed by atoms with E-state index in [1.165, 1.54) is 25.2 Å². The summed E-state index contributed by atoms with van der Waals surface area (Å²) in [5.41, 5.74) is 0.674. The predicted octanol–water partition coefficient (Wildman–Crippen LogP) is 1.52. The zero-order valence-corrected chi connectivity index (χ0v) is 8.83. The Labute approximate surface area is 94.8 Å². The van der Waals surface area contributed by atoms with Gasteiger partial charge in [0.1, 0.15) is 5.75 Å². The number of benzene rings is 1. The van der Waals surface area contributed by atoms with Crippen LogP contribution in [0.4, 0.5) is 8.78 Å². The lowest BCUT2D eigenvalue weighted by Crippen LogP contribution is -2.18. The molecule has 5 nitrogen and oxygen atoms in total. The lowest BCUT2D eigenvalue weighted by molar-refractivity contribution is -0.0497. The van der Waals surface area contributed by atoms with Gasteiger partial charge >= 0.3 is 6.61 Å². The molecule has 2 aromatic rings. The van der Waals surface area contributed by atoms with Crippen LogP contribution in [-0.2, 0) is 0 Å². The van der Waals surface area contributed by atoms with Gasteiger partial charge in [0.15, 0.2) is 5.69 Å². The fourth-order valence-corrected chi connectivity index (χ4v) is 1.47. The van der Waals surface area contributed by atoms with Crippen LogP contribution in [0, 0.1) is 0 Å². The Morgan fingerprint density at radius 2 is 2.29 bits per heavy atom. The zero-order chi connectivity index (χ0) is 12.4. The lowest BCUT2D eigenvalue weighted by Gasteiger charge is -2.03. The number of ether oxygens (including phenoxy) is 1. The molecule has 0 aliphatic rings. The second-order valence-electron chi connectivity index (χ2n) is 3.24. The van der Waals surface area contributed by atoms with E-state index in [4.69, 9.17) is 0 Å². The summed E-state index contributed by atoms with van der Waals surface area (Å²) >= 11 is 0. The van der Waals surface area contributed by atoms with Gasteiger partial charge < -0.3 is 10.1 Å². The number of hydrogen-bond acceptors (Lipinski definition) is 3. The molecule has 1 aromatic carbocycles. The van der Waals surface area contributed by atoms with Crippen molar-refractivity contribution in [2.75, 3.05) is 7.05 Å². The molecule has 7 heteroatoms. The number of H-pyrrole nitrogens is 1. The summed E-state index contributed by atoms with van der Waals surface area (Å²) in [5, 5.41) is 9.37. The number of carbonyl (C=O) groups excluding carboxylic acids is 1. The molecule has 0 atom stereocenters. The molecule has 2 rings (SSSR count). The Kier molecular flexibility index (Phi) is 2.90. The van der Waals surface area contributed by atoms with E-state index in [2.05, 4.69) is 20.3 Å². The second kappa shape index (κ2) is 4.36. The van der Waals surface area contributed by atoms with Crippen LogP contribution in [0.15, 0.2) is 18.2 Å². The van der Waals surface area contributed by atoms with Gasteiger partial charge in [0.25, 0.3) is 5.91 Å². The van der Waals surface area contributed by atoms with Crippen LogP contribution >= 0.6 is 0 Å². The van der Waals surface area contributed by atoms with Gasteiger partial charge in [-0.3, -0.25) is 9.89 Å². The van der Waals surface area contributed by atoms with Crippen LogP contribution in [0.25, 0.3) is 10.9 Å². The predicted molar refractivity (Wildman–Crippen MR) is 56.1 cm³/mol. The first kappa shape index (κ1) is 11.3. The van der Waals surface area contributed by atoms with Crippen molar-refractivity contribution >= 4 is 16.8 Å². The van der Waals surface area contributed by atoms with E-state index >= 15 is 0 Å². The Morgan fingerprint density at radius 3 is 2.94 bits per heavy atom. The Bertz CT molecular complexity index is 553. The number of nitrogens with one attached hydrogen (secondary N) is 2. The molecule has 0 radical (unpaired) electrons. The fraction of sp³-hybridized carbons (Fsp3) is 0.200. The summed E-state index contributed by atoms with van der Waals surface area (Å²) in [4.78, 5) is 11.4. The van der Waals surface area contributed by atoms with E-state index in [9.17, 15) is 13.6 Å². The van der Waals surface area contributed by atoms with Crippen LogP contribution in [0.1, 0.15) is 10.5 Å². The SMILES string of the molecule is CNC(=O)c1n[nH]c2cc(OC(F)F)ccc12. The molecular weight excluding hydrogens is 232 g/mol. The molecule has 17 heavy (non-hydrogen) atoms. The highest BCUT2D eigenvalue weighted by atomic mass is 19.3. The van der Waals surface area contributed by atoms with Gasteiger partial charge in [-0.2, -0.15) is 13.9 Å². The van der Waals surface area contributed by atoms with Crippen molar-refractivity contribution in [1.82, 2.24) is 15.5 Å². The summed E-state index contributed by atoms with van der Waals surface area (Å²) < 4.78 is 28.2. The highest BCUT2D eigenvalue weighted by Crippen LogP contribution is 2.22. The van der Waals surface area contributed by atoms with Crippen molar-refractivity contribution < 1.29 is 18.3 Å². The maximum Gasteiger partial charge on any atom is 0.387 e. The third kappa shape index (κ3) is 2.17. The number of nitrogens with zero attached hydrogens (tertiary/aromatic N) is 1. The smallest absolute Gasteiger partial charge is 0.387 e. The number of alkyl halides is 2. The first-order chi connectivity index (χ1) is 8.11. The molecule has 0 spiro atoms. The Balaban J connectivity index is 2.41. The normalized spacial score (nSPS) is 10.8. The van der Waals surface area contributed by atoms with E-state index in [-0.39, 0.29) is 17.4 Å². The van der Waals surface area contributed by atoms with Gasteiger partial charge in [-0.15, -0.1) is 0 Å². The largest absolute Gasteiger partial charge is 0.435 e. The van der Waals surface area contributed by atoms with Crippen LogP contribution < -0.4 is 10.1 Å². The van der Waals surface area contributed by atoms with Gasteiger partial charge in [0, 0.05) is 18.5 Å². The molecule has 2 N–H and O–H groups in total. The Morgan fingerprint density at radius 1 is 1.53 bits per heavy atom. The lowest BCUT2D eigenvalue weighted by atomic mass is 10.2. The zero-order valence-electron chi connectivity index (χ0n) is 8.83. The van der Waals surface area contributed by atoms with Crippen molar-refractivity contribution in [2.24, 2.45) is 0 Å². The van der Waals surface area contributed by atoms with Crippen molar-refractivity contribution in [3.8, 4) is 5.75 Å². The quantitative estimate of drug-likeness (QED) is 0.856. The van der Waals surface area contributed by atoms with E-state index in [1.807, 2.05) is 0 Å². The third-order valence-electron chi connectivity index (χ3n) is 2.20. The minimum absolute atomic E-state index is 0.0135. The van der Waals surface area contributed by atoms with Gasteiger partial charge in [0.2, 0.25) is 0 Å². The van der Waals surface area contributed by atoms with Crippen LogP contribution in [0.3, 0.4) is 0 Å². The molecule has 0 aliphatic heterocycles. The average Bonchev–Trinajstić information content (AvgIpc) is 2.70. The van der Waals surface area contributed by atoms with Gasteiger partial charge in [-0.05, 0) is 12.1 Å². The van der Waals surface area contributed by atoms with Crippen molar-refractivity contribution in [2.45, 2.75) is 6.61 Å². The van der Waals surface area contributed by atoms with Gasteiger partial charge in [0.05, 0.1) is 5.52 Å². The third-order valence-corrected chi connectivity index (χ3v) is 2.20. The molecule has 1 aromatic heterocycles. The standard InChI is InChI=1S/C10H9F2N3O2/c1-13-9(16)8-6-3-2-5(17-10(11)12)4-7(6)14-15-8/h2-4,10H,1H3,(H,13,16)(H,14,15). The van der Waals surface area contributed by atoms with E-state index in [0.717, 1.165) is 0 Å². The molecular formula is C10H9F2N3O2. The Hall–Kier alpha value is -2.18. The summed E-state index contributed by atoms with van der Waals surface area (Å²) in [7, 11) is 1.48. The van der Waals surface area contributed by atoms with Crippen molar-refractivity contribution in [3.63, 3.8) is 0 Å². The first-order valence-corrected chi connectivity index (χ1v) is 4.77. The topological polar surface area (TPSA) is 67.0 Å². The van der Waals surface area contributed by atoms with E-state index in [1.54, 1.807) is 0 Å². The number of amides is 1. The van der Waals surface area contributed by atoms with Crippen LogP contribution in [0.5, 0.6) is 5.75 Å². The van der Waals surface area contributed by atoms with Gasteiger partial charge in [-0.1, -0.05) is 0 Å². The second-order valence-corrected chi connectivity index (χ2v) is 3.24. The van der Waals surface area contributed by atoms with Crippen LogP contribution in [0.2, 0.25) is 0 Å². The number of rotatable bonds is 3. The molecule has 0 unspecified atom stereocenters.